The maximum Gasteiger partial charge on any atom is 0.296 e. The van der Waals surface area contributed by atoms with Crippen LogP contribution in [0.5, 0.6) is 0 Å². The van der Waals surface area contributed by atoms with Crippen molar-refractivity contribution in [1.82, 2.24) is 0 Å². The van der Waals surface area contributed by atoms with Crippen LogP contribution < -0.4 is 0 Å². The smallest absolute Gasteiger partial charge is 0.296 e. The molecule has 3 nitrogen and oxygen atoms in total. The van der Waals surface area contributed by atoms with Gasteiger partial charge in [0.25, 0.3) is 6.29 Å². The molecule has 1 unspecified atom stereocenters. The molecule has 0 aliphatic carbocycles. The van der Waals surface area contributed by atoms with Crippen molar-refractivity contribution in [2.75, 3.05) is 0 Å². The third-order valence-electron chi connectivity index (χ3n) is 0.781. The van der Waals surface area contributed by atoms with Crippen LogP contribution in [-0.2, 0) is 14.3 Å². The Balaban J connectivity index is 2.43. The van der Waals surface area contributed by atoms with E-state index < -0.39 is 6.29 Å². The highest BCUT2D eigenvalue weighted by molar-refractivity contribution is 5.54. The third-order valence-corrected chi connectivity index (χ3v) is 0.781. The summed E-state index contributed by atoms with van der Waals surface area (Å²) in [5.74, 6) is 0.641. The first kappa shape index (κ1) is 5.15. The molecule has 0 spiro atoms. The van der Waals surface area contributed by atoms with Crippen molar-refractivity contribution in [2.24, 2.45) is 0 Å². The molecule has 0 aromatic heterocycles. The van der Waals surface area contributed by atoms with Gasteiger partial charge in [0.05, 0.1) is 0 Å². The van der Waals surface area contributed by atoms with Crippen LogP contribution in [0.3, 0.4) is 0 Å². The number of hydrogen-bond acceptors (Lipinski definition) is 3. The second-order valence-electron chi connectivity index (χ2n) is 1.49. The molecule has 1 atom stereocenters. The molecule has 0 aromatic carbocycles. The molecule has 1 aliphatic heterocycles. The lowest BCUT2D eigenvalue weighted by Crippen LogP contribution is -2.08. The van der Waals surface area contributed by atoms with E-state index in [0.29, 0.717) is 12.0 Å². The molecule has 3 heteroatoms. The fraction of sp³-hybridized carbons (Fsp3) is 0.400. The van der Waals surface area contributed by atoms with Gasteiger partial charge in [0.1, 0.15) is 12.0 Å². The molecule has 0 radical (unpaired) electrons. The zero-order valence-electron chi connectivity index (χ0n) is 4.46. The predicted octanol–water partition coefficient (Wildman–Crippen LogP) is 0.419. The lowest BCUT2D eigenvalue weighted by molar-refractivity contribution is -0.129. The number of aldehydes is 1. The van der Waals surface area contributed by atoms with Crippen LogP contribution in [0.1, 0.15) is 6.92 Å². The summed E-state index contributed by atoms with van der Waals surface area (Å²) >= 11 is 0. The van der Waals surface area contributed by atoms with E-state index in [2.05, 4.69) is 4.74 Å². The van der Waals surface area contributed by atoms with Crippen LogP contribution >= 0.6 is 0 Å². The average Bonchev–Trinajstić information content (AvgIpc) is 2.14. The summed E-state index contributed by atoms with van der Waals surface area (Å²) < 4.78 is 9.44. The third kappa shape index (κ3) is 0.804. The fourth-order valence-corrected chi connectivity index (χ4v) is 0.462. The number of carbonyl (C=O) groups excluding carboxylic acids is 1. The van der Waals surface area contributed by atoms with E-state index >= 15 is 0 Å². The van der Waals surface area contributed by atoms with Crippen molar-refractivity contribution in [2.45, 2.75) is 13.2 Å². The Morgan fingerprint density at radius 3 is 2.88 bits per heavy atom. The molecule has 0 fully saturated rings. The first-order chi connectivity index (χ1) is 3.83. The summed E-state index contributed by atoms with van der Waals surface area (Å²) in [4.78, 5) is 9.87. The number of ether oxygens (including phenoxy) is 2. The van der Waals surface area contributed by atoms with E-state index in [9.17, 15) is 4.79 Å². The van der Waals surface area contributed by atoms with Crippen molar-refractivity contribution in [3.05, 3.63) is 12.0 Å². The summed E-state index contributed by atoms with van der Waals surface area (Å²) in [6.07, 6.45) is 1.32. The Morgan fingerprint density at radius 1 is 1.88 bits per heavy atom. The van der Waals surface area contributed by atoms with Crippen molar-refractivity contribution < 1.29 is 14.3 Å². The molecule has 0 amide bonds. The maximum absolute atomic E-state index is 9.87. The van der Waals surface area contributed by atoms with Crippen LogP contribution in [0.25, 0.3) is 0 Å². The van der Waals surface area contributed by atoms with Crippen molar-refractivity contribution in [1.29, 1.82) is 0 Å². The van der Waals surface area contributed by atoms with E-state index in [4.69, 9.17) is 4.74 Å². The van der Waals surface area contributed by atoms with E-state index in [0.717, 1.165) is 0 Å². The van der Waals surface area contributed by atoms with Crippen LogP contribution in [0.2, 0.25) is 0 Å². The summed E-state index contributed by atoms with van der Waals surface area (Å²) in [6.45, 7) is 1.73. The molecule has 0 bridgehead atoms. The van der Waals surface area contributed by atoms with Crippen molar-refractivity contribution in [3.63, 3.8) is 0 Å². The van der Waals surface area contributed by atoms with Gasteiger partial charge < -0.3 is 9.47 Å². The van der Waals surface area contributed by atoms with Gasteiger partial charge in [0.2, 0.25) is 6.29 Å². The van der Waals surface area contributed by atoms with Gasteiger partial charge in [-0.1, -0.05) is 0 Å². The zero-order chi connectivity index (χ0) is 5.98. The van der Waals surface area contributed by atoms with E-state index in [1.165, 1.54) is 6.26 Å². The number of carbonyl (C=O) groups is 1. The Hall–Kier alpha value is -0.990. The SMILES string of the molecule is CC1=COC(C=O)O1. The molecule has 0 N–H and O–H groups in total. The second kappa shape index (κ2) is 1.86. The highest BCUT2D eigenvalue weighted by Crippen LogP contribution is 2.09. The first-order valence-corrected chi connectivity index (χ1v) is 2.27. The van der Waals surface area contributed by atoms with Gasteiger partial charge in [-0.15, -0.1) is 0 Å². The minimum Gasteiger partial charge on any atom is -0.452 e. The lowest BCUT2D eigenvalue weighted by atomic mass is 10.6. The van der Waals surface area contributed by atoms with Gasteiger partial charge in [-0.2, -0.15) is 0 Å². The van der Waals surface area contributed by atoms with Crippen LogP contribution in [0.15, 0.2) is 12.0 Å². The summed E-state index contributed by atoms with van der Waals surface area (Å²) in [6, 6.07) is 0. The Bertz CT molecular complexity index is 128. The molecule has 1 heterocycles. The summed E-state index contributed by atoms with van der Waals surface area (Å²) in [5, 5.41) is 0. The summed E-state index contributed by atoms with van der Waals surface area (Å²) in [5.41, 5.74) is 0. The zero-order valence-corrected chi connectivity index (χ0v) is 4.46. The molecular weight excluding hydrogens is 108 g/mol. The maximum atomic E-state index is 9.87. The predicted molar refractivity (Wildman–Crippen MR) is 25.8 cm³/mol. The van der Waals surface area contributed by atoms with Crippen molar-refractivity contribution in [3.8, 4) is 0 Å². The van der Waals surface area contributed by atoms with Gasteiger partial charge in [-0.05, 0) is 6.92 Å². The molecule has 0 saturated carbocycles. The topological polar surface area (TPSA) is 35.5 Å². The molecule has 1 aliphatic rings. The highest BCUT2D eigenvalue weighted by Gasteiger charge is 2.13. The molecule has 1 rings (SSSR count). The van der Waals surface area contributed by atoms with Gasteiger partial charge in [-0.25, -0.2) is 0 Å². The van der Waals surface area contributed by atoms with E-state index in [1.807, 2.05) is 0 Å². The number of rotatable bonds is 1. The van der Waals surface area contributed by atoms with Gasteiger partial charge >= 0.3 is 0 Å². The molecular formula is C5H6O3. The summed E-state index contributed by atoms with van der Waals surface area (Å²) in [7, 11) is 0. The monoisotopic (exact) mass is 114 g/mol. The highest BCUT2D eigenvalue weighted by atomic mass is 16.7. The average molecular weight is 114 g/mol. The quantitative estimate of drug-likeness (QED) is 0.463. The van der Waals surface area contributed by atoms with E-state index in [1.54, 1.807) is 6.92 Å². The van der Waals surface area contributed by atoms with Gasteiger partial charge in [0, 0.05) is 0 Å². The normalized spacial score (nSPS) is 25.6. The van der Waals surface area contributed by atoms with Gasteiger partial charge in [0.15, 0.2) is 0 Å². The standard InChI is InChI=1S/C5H6O3/c1-4-3-7-5(2-6)8-4/h2-3,5H,1H3. The molecule has 0 aromatic rings. The van der Waals surface area contributed by atoms with Crippen LogP contribution in [0.4, 0.5) is 0 Å². The molecule has 44 valence electrons. The first-order valence-electron chi connectivity index (χ1n) is 2.27. The van der Waals surface area contributed by atoms with Gasteiger partial charge in [-0.3, -0.25) is 4.79 Å². The lowest BCUT2D eigenvalue weighted by Gasteiger charge is -1.99. The Morgan fingerprint density at radius 2 is 2.62 bits per heavy atom. The molecule has 8 heavy (non-hydrogen) atoms. The number of hydrogen-bond donors (Lipinski definition) is 0. The van der Waals surface area contributed by atoms with Crippen molar-refractivity contribution >= 4 is 6.29 Å². The van der Waals surface area contributed by atoms with Crippen LogP contribution in [-0.4, -0.2) is 12.6 Å². The van der Waals surface area contributed by atoms with E-state index in [-0.39, 0.29) is 0 Å². The molecule has 0 saturated heterocycles. The Kier molecular flexibility index (Phi) is 1.20. The Labute approximate surface area is 46.9 Å². The van der Waals surface area contributed by atoms with Crippen LogP contribution in [0, 0.1) is 0 Å². The largest absolute Gasteiger partial charge is 0.452 e. The number of allylic oxidation sites excluding steroid dienone is 1. The second-order valence-corrected chi connectivity index (χ2v) is 1.49. The minimum atomic E-state index is -0.699. The minimum absolute atomic E-state index is 0.604. The fourth-order valence-electron chi connectivity index (χ4n) is 0.462.